The van der Waals surface area contributed by atoms with Crippen LogP contribution in [0.4, 0.5) is 34.1 Å². The second-order valence-electron chi connectivity index (χ2n) is 18.3. The molecule has 0 bridgehead atoms. The van der Waals surface area contributed by atoms with Crippen LogP contribution in [-0.4, -0.2) is 18.0 Å². The second kappa shape index (κ2) is 14.1. The maximum absolute atomic E-state index is 2.70. The van der Waals surface area contributed by atoms with Crippen LogP contribution in [-0.2, 0) is 0 Å². The monoisotopic (exact) mass is 915 g/mol. The van der Waals surface area contributed by atoms with Gasteiger partial charge in [0.1, 0.15) is 0 Å². The molecule has 4 aliphatic heterocycles. The molecule has 0 fully saturated rings. The molecule has 6 heterocycles. The lowest BCUT2D eigenvalue weighted by molar-refractivity contribution is 1.16. The standard InChI is InChI=1S/C60H35B2N3S3/c1-4-15-36(16-5-1)63(37-17-6-2-7-18-37)39-29-31-51-47(33-39)61-45-25-12-22-42-43-23-13-26-46-58(43)65(57(42)45)59-55(61)53(66-51)35-54-56(59)62(46)48-34-40(30-32-52(48)67-54)64(38-19-8-3-9-20-38)49-27-14-24-44-41-21-10-11-28-50(41)68-60(44)49/h1-35H. The Balaban J connectivity index is 0.935. The molecule has 0 aliphatic carbocycles. The van der Waals surface area contributed by atoms with Crippen molar-refractivity contribution in [3.63, 3.8) is 0 Å². The molecule has 0 radical (unpaired) electrons. The molecule has 2 aromatic heterocycles. The first-order valence-electron chi connectivity index (χ1n) is 23.3. The Hall–Kier alpha value is -7.35. The van der Waals surface area contributed by atoms with E-state index in [2.05, 4.69) is 227 Å². The van der Waals surface area contributed by atoms with Crippen LogP contribution in [0.1, 0.15) is 0 Å². The fourth-order valence-electron chi connectivity index (χ4n) is 12.2. The summed E-state index contributed by atoms with van der Waals surface area (Å²) < 4.78 is 5.31. The highest BCUT2D eigenvalue weighted by atomic mass is 32.2. The summed E-state index contributed by atoms with van der Waals surface area (Å²) in [5.74, 6) is 0. The van der Waals surface area contributed by atoms with Gasteiger partial charge in [0.05, 0.1) is 10.4 Å². The van der Waals surface area contributed by atoms with Crippen LogP contribution in [0.15, 0.2) is 232 Å². The molecule has 68 heavy (non-hydrogen) atoms. The number of thiophene rings is 1. The highest BCUT2D eigenvalue weighted by Gasteiger charge is 2.48. The maximum Gasteiger partial charge on any atom is 0.249 e. The summed E-state index contributed by atoms with van der Waals surface area (Å²) in [7, 11) is 0. The molecule has 0 amide bonds. The van der Waals surface area contributed by atoms with E-state index in [0.29, 0.717) is 0 Å². The summed E-state index contributed by atoms with van der Waals surface area (Å²) in [6.45, 7) is 0.136. The maximum atomic E-state index is 2.70. The van der Waals surface area contributed by atoms with Crippen LogP contribution in [0.3, 0.4) is 0 Å². The van der Waals surface area contributed by atoms with E-state index in [1.54, 1.807) is 0 Å². The van der Waals surface area contributed by atoms with E-state index in [1.165, 1.54) is 117 Å². The molecular weight excluding hydrogens is 881 g/mol. The molecule has 0 saturated heterocycles. The first-order chi connectivity index (χ1) is 33.7. The van der Waals surface area contributed by atoms with E-state index >= 15 is 0 Å². The fraction of sp³-hybridized carbons (Fsp3) is 0. The average molecular weight is 916 g/mol. The first kappa shape index (κ1) is 37.7. The molecule has 3 nitrogen and oxygen atoms in total. The van der Waals surface area contributed by atoms with Crippen LogP contribution < -0.4 is 42.6 Å². The van der Waals surface area contributed by atoms with Gasteiger partial charge in [-0.3, -0.25) is 0 Å². The minimum absolute atomic E-state index is 0.0614. The quantitative estimate of drug-likeness (QED) is 0.154. The van der Waals surface area contributed by atoms with Gasteiger partial charge in [0.15, 0.2) is 0 Å². The minimum Gasteiger partial charge on any atom is -0.311 e. The molecule has 0 N–H and O–H groups in total. The van der Waals surface area contributed by atoms with Crippen molar-refractivity contribution in [3.05, 3.63) is 212 Å². The van der Waals surface area contributed by atoms with Gasteiger partial charge in [0.25, 0.3) is 0 Å². The normalized spacial score (nSPS) is 13.4. The van der Waals surface area contributed by atoms with Gasteiger partial charge in [-0.05, 0) is 113 Å². The molecule has 10 aromatic carbocycles. The zero-order valence-corrected chi connectivity index (χ0v) is 38.9. The zero-order valence-electron chi connectivity index (χ0n) is 36.4. The van der Waals surface area contributed by atoms with Crippen LogP contribution >= 0.6 is 34.9 Å². The van der Waals surface area contributed by atoms with Crippen LogP contribution in [0.5, 0.6) is 0 Å². The average Bonchev–Trinajstić information content (AvgIpc) is 3.95. The summed E-state index contributed by atoms with van der Waals surface area (Å²) in [5, 5.41) is 5.28. The van der Waals surface area contributed by atoms with Crippen LogP contribution in [0.2, 0.25) is 0 Å². The van der Waals surface area contributed by atoms with Crippen molar-refractivity contribution in [2.45, 2.75) is 19.6 Å². The Labute approximate surface area is 406 Å². The summed E-state index contributed by atoms with van der Waals surface area (Å²) in [6, 6.07) is 79.5. The molecule has 0 spiro atoms. The molecule has 0 unspecified atom stereocenters. The Kier molecular flexibility index (Phi) is 7.82. The number of para-hydroxylation sites is 5. The van der Waals surface area contributed by atoms with E-state index in [1.807, 2.05) is 34.9 Å². The number of rotatable bonds is 6. The molecule has 0 saturated carbocycles. The minimum atomic E-state index is 0.0614. The third kappa shape index (κ3) is 5.09. The largest absolute Gasteiger partial charge is 0.311 e. The number of anilines is 6. The molecule has 4 aliphatic rings. The molecule has 16 rings (SSSR count). The van der Waals surface area contributed by atoms with Crippen molar-refractivity contribution in [2.24, 2.45) is 0 Å². The third-order valence-electron chi connectivity index (χ3n) is 14.8. The van der Waals surface area contributed by atoms with E-state index in [0.717, 1.165) is 17.1 Å². The van der Waals surface area contributed by atoms with Crippen LogP contribution in [0, 0.1) is 0 Å². The SMILES string of the molecule is c1ccc(N(c2ccccc2)c2ccc3c(c2)B2c4c(cc5c6c4-n4c7c2cccc7c2cccc(c24)B6c2cc(N(c4ccccc4)c4cccc6c4sc4ccccc46)ccc2S5)S3)cc1. The number of fused-ring (bicyclic) bond motifs is 10. The van der Waals surface area contributed by atoms with E-state index < -0.39 is 0 Å². The van der Waals surface area contributed by atoms with Crippen molar-refractivity contribution in [2.75, 3.05) is 9.80 Å². The Morgan fingerprint density at radius 3 is 1.43 bits per heavy atom. The second-order valence-corrected chi connectivity index (χ2v) is 21.5. The number of aromatic nitrogens is 1. The predicted octanol–water partition coefficient (Wildman–Crippen LogP) is 12.7. The highest BCUT2D eigenvalue weighted by molar-refractivity contribution is 8.01. The van der Waals surface area contributed by atoms with Crippen LogP contribution in [0.25, 0.3) is 47.7 Å². The zero-order chi connectivity index (χ0) is 44.2. The molecule has 314 valence electrons. The van der Waals surface area contributed by atoms with Gasteiger partial charge in [-0.25, -0.2) is 0 Å². The van der Waals surface area contributed by atoms with Gasteiger partial charge in [0.2, 0.25) is 13.4 Å². The molecule has 12 aromatic rings. The third-order valence-corrected chi connectivity index (χ3v) is 18.3. The lowest BCUT2D eigenvalue weighted by Crippen LogP contribution is -2.65. The van der Waals surface area contributed by atoms with Crippen molar-refractivity contribution in [1.82, 2.24) is 4.57 Å². The van der Waals surface area contributed by atoms with Crippen molar-refractivity contribution >= 4 is 157 Å². The van der Waals surface area contributed by atoms with Gasteiger partial charge in [0, 0.05) is 91.0 Å². The number of nitrogens with zero attached hydrogens (tertiary/aromatic N) is 3. The fourth-order valence-corrected chi connectivity index (χ4v) is 15.8. The lowest BCUT2D eigenvalue weighted by atomic mass is 9.31. The summed E-state index contributed by atoms with van der Waals surface area (Å²) in [5.41, 5.74) is 19.5. The van der Waals surface area contributed by atoms with Crippen molar-refractivity contribution in [3.8, 4) is 5.69 Å². The van der Waals surface area contributed by atoms with Gasteiger partial charge < -0.3 is 14.4 Å². The van der Waals surface area contributed by atoms with Crippen molar-refractivity contribution in [1.29, 1.82) is 0 Å². The summed E-state index contributed by atoms with van der Waals surface area (Å²) in [4.78, 5) is 10.3. The number of benzene rings is 10. The highest BCUT2D eigenvalue weighted by Crippen LogP contribution is 2.48. The predicted molar refractivity (Wildman–Crippen MR) is 293 cm³/mol. The van der Waals surface area contributed by atoms with E-state index in [-0.39, 0.29) is 13.4 Å². The van der Waals surface area contributed by atoms with E-state index in [4.69, 9.17) is 0 Å². The molecule has 0 atom stereocenters. The van der Waals surface area contributed by atoms with Gasteiger partial charge in [-0.2, -0.15) is 0 Å². The molecule has 8 heteroatoms. The Bertz CT molecular complexity index is 4090. The van der Waals surface area contributed by atoms with Crippen molar-refractivity contribution < 1.29 is 0 Å². The van der Waals surface area contributed by atoms with E-state index in [9.17, 15) is 0 Å². The Morgan fingerprint density at radius 1 is 0.353 bits per heavy atom. The Morgan fingerprint density at radius 2 is 0.838 bits per heavy atom. The molecular formula is C60H35B2N3S3. The van der Waals surface area contributed by atoms with Gasteiger partial charge in [-0.15, -0.1) is 11.3 Å². The van der Waals surface area contributed by atoms with Gasteiger partial charge >= 0.3 is 0 Å². The smallest absolute Gasteiger partial charge is 0.249 e. The summed E-state index contributed by atoms with van der Waals surface area (Å²) >= 11 is 5.80. The topological polar surface area (TPSA) is 11.4 Å². The lowest BCUT2D eigenvalue weighted by Gasteiger charge is -2.41. The number of hydrogen-bond donors (Lipinski definition) is 0. The summed E-state index contributed by atoms with van der Waals surface area (Å²) in [6.07, 6.45) is 0. The van der Waals surface area contributed by atoms with Gasteiger partial charge in [-0.1, -0.05) is 156 Å². The number of hydrogen-bond acceptors (Lipinski definition) is 5. The first-order valence-corrected chi connectivity index (χ1v) is 25.8.